The predicted octanol–water partition coefficient (Wildman–Crippen LogP) is 2.29. The van der Waals surface area contributed by atoms with Gasteiger partial charge >= 0.3 is 5.97 Å². The Balaban J connectivity index is 0.000000531. The first-order chi connectivity index (χ1) is 7.25. The van der Waals surface area contributed by atoms with E-state index in [0.29, 0.717) is 11.4 Å². The first-order valence-corrected chi connectivity index (χ1v) is 5.16. The van der Waals surface area contributed by atoms with E-state index in [9.17, 15) is 4.79 Å². The van der Waals surface area contributed by atoms with Gasteiger partial charge in [0.05, 0.1) is 0 Å². The smallest absolute Gasteiger partial charge is 0.306 e. The molecule has 2 rings (SSSR count). The van der Waals surface area contributed by atoms with Crippen LogP contribution < -0.4 is 5.73 Å². The van der Waals surface area contributed by atoms with Gasteiger partial charge in [-0.2, -0.15) is 0 Å². The number of esters is 1. The molecule has 0 aliphatic carbocycles. The van der Waals surface area contributed by atoms with Gasteiger partial charge in [0.1, 0.15) is 6.10 Å². The van der Waals surface area contributed by atoms with Crippen molar-refractivity contribution in [1.82, 2.24) is 0 Å². The fourth-order valence-corrected chi connectivity index (χ4v) is 1.56. The average molecular weight is 228 g/mol. The van der Waals surface area contributed by atoms with Gasteiger partial charge in [0, 0.05) is 11.4 Å². The molecule has 3 nitrogen and oxygen atoms in total. The molecule has 1 aromatic rings. The maximum atomic E-state index is 10.8. The van der Waals surface area contributed by atoms with Crippen LogP contribution in [0.4, 0.5) is 0 Å². The summed E-state index contributed by atoms with van der Waals surface area (Å²) in [5.74, 6) is -0.111. The Morgan fingerprint density at radius 2 is 1.93 bits per heavy atom. The van der Waals surface area contributed by atoms with Crippen LogP contribution in [0.5, 0.6) is 0 Å². The molecule has 0 saturated carbocycles. The summed E-state index contributed by atoms with van der Waals surface area (Å²) >= 11 is 5.74. The number of cyclic esters (lactones) is 1. The lowest BCUT2D eigenvalue weighted by Crippen LogP contribution is -1.97. The Hall–Kier alpha value is -1.06. The summed E-state index contributed by atoms with van der Waals surface area (Å²) in [5.41, 5.74) is 5.52. The molecule has 4 heteroatoms. The van der Waals surface area contributed by atoms with Gasteiger partial charge in [0.15, 0.2) is 0 Å². The summed E-state index contributed by atoms with van der Waals surface area (Å²) in [4.78, 5) is 10.8. The van der Waals surface area contributed by atoms with Gasteiger partial charge in [-0.05, 0) is 31.2 Å². The van der Waals surface area contributed by atoms with Gasteiger partial charge in [-0.15, -0.1) is 0 Å². The largest absolute Gasteiger partial charge is 0.457 e. The Morgan fingerprint density at radius 1 is 1.33 bits per heavy atom. The molecule has 1 aliphatic heterocycles. The van der Waals surface area contributed by atoms with E-state index in [-0.39, 0.29) is 12.1 Å². The van der Waals surface area contributed by atoms with Crippen LogP contribution >= 0.6 is 11.6 Å². The molecule has 15 heavy (non-hydrogen) atoms. The van der Waals surface area contributed by atoms with E-state index < -0.39 is 0 Å². The average Bonchev–Trinajstić information content (AvgIpc) is 2.69. The lowest BCUT2D eigenvalue weighted by molar-refractivity contribution is -0.141. The molecule has 0 radical (unpaired) electrons. The van der Waals surface area contributed by atoms with Crippen molar-refractivity contribution in [1.29, 1.82) is 0 Å². The van der Waals surface area contributed by atoms with Crippen LogP contribution in [0.2, 0.25) is 5.02 Å². The first kappa shape index (κ1) is 12.0. The zero-order chi connectivity index (χ0) is 11.3. The second-order valence-electron chi connectivity index (χ2n) is 3.07. The molecule has 0 bridgehead atoms. The highest BCUT2D eigenvalue weighted by atomic mass is 35.5. The monoisotopic (exact) mass is 227 g/mol. The minimum atomic E-state index is -0.111. The van der Waals surface area contributed by atoms with E-state index in [1.807, 2.05) is 24.3 Å². The number of rotatable bonds is 1. The van der Waals surface area contributed by atoms with Gasteiger partial charge in [0.25, 0.3) is 0 Å². The number of ether oxygens (including phenoxy) is 1. The Morgan fingerprint density at radius 3 is 2.40 bits per heavy atom. The second-order valence-corrected chi connectivity index (χ2v) is 3.51. The predicted molar refractivity (Wildman–Crippen MR) is 59.6 cm³/mol. The van der Waals surface area contributed by atoms with E-state index in [1.54, 1.807) is 0 Å². The van der Waals surface area contributed by atoms with Crippen molar-refractivity contribution >= 4 is 17.6 Å². The lowest BCUT2D eigenvalue weighted by Gasteiger charge is -2.08. The van der Waals surface area contributed by atoms with E-state index in [4.69, 9.17) is 16.3 Å². The fourth-order valence-electron chi connectivity index (χ4n) is 1.44. The standard InChI is InChI=1S/C10H9ClO2.CH5N/c11-8-3-1-7(2-4-8)9-5-6-10(12)13-9;1-2/h1-4,9H,5-6H2;2H2,1H3/t9-;/m1./s1. The third kappa shape index (κ3) is 3.22. The van der Waals surface area contributed by atoms with Crippen LogP contribution in [-0.2, 0) is 9.53 Å². The summed E-state index contributed by atoms with van der Waals surface area (Å²) < 4.78 is 5.11. The van der Waals surface area contributed by atoms with Crippen LogP contribution in [-0.4, -0.2) is 13.0 Å². The molecule has 0 unspecified atom stereocenters. The van der Waals surface area contributed by atoms with Gasteiger partial charge < -0.3 is 10.5 Å². The third-order valence-electron chi connectivity index (χ3n) is 2.13. The van der Waals surface area contributed by atoms with Crippen LogP contribution in [0, 0.1) is 0 Å². The number of nitrogens with two attached hydrogens (primary N) is 1. The van der Waals surface area contributed by atoms with Crippen LogP contribution in [0.3, 0.4) is 0 Å². The molecule has 1 aromatic carbocycles. The number of carbonyl (C=O) groups excluding carboxylic acids is 1. The Bertz CT molecular complexity index is 324. The summed E-state index contributed by atoms with van der Waals surface area (Å²) in [6, 6.07) is 7.41. The maximum Gasteiger partial charge on any atom is 0.306 e. The number of hydrogen-bond donors (Lipinski definition) is 1. The summed E-state index contributed by atoms with van der Waals surface area (Å²) in [7, 11) is 1.50. The minimum absolute atomic E-state index is 0.0650. The van der Waals surface area contributed by atoms with Crippen molar-refractivity contribution in [2.45, 2.75) is 18.9 Å². The molecule has 0 spiro atoms. The van der Waals surface area contributed by atoms with Crippen molar-refractivity contribution in [3.63, 3.8) is 0 Å². The van der Waals surface area contributed by atoms with Gasteiger partial charge in [0.2, 0.25) is 0 Å². The van der Waals surface area contributed by atoms with Crippen molar-refractivity contribution < 1.29 is 9.53 Å². The Labute approximate surface area is 94.2 Å². The number of halogens is 1. The fraction of sp³-hybridized carbons (Fsp3) is 0.364. The minimum Gasteiger partial charge on any atom is -0.457 e. The lowest BCUT2D eigenvalue weighted by atomic mass is 10.1. The molecule has 1 saturated heterocycles. The molecule has 2 N–H and O–H groups in total. The summed E-state index contributed by atoms with van der Waals surface area (Å²) in [6.07, 6.45) is 1.23. The summed E-state index contributed by atoms with van der Waals surface area (Å²) in [5, 5.41) is 0.702. The van der Waals surface area contributed by atoms with E-state index >= 15 is 0 Å². The highest BCUT2D eigenvalue weighted by molar-refractivity contribution is 6.30. The highest BCUT2D eigenvalue weighted by Gasteiger charge is 2.24. The number of benzene rings is 1. The zero-order valence-electron chi connectivity index (χ0n) is 8.57. The summed E-state index contributed by atoms with van der Waals surface area (Å²) in [6.45, 7) is 0. The van der Waals surface area contributed by atoms with Crippen molar-refractivity contribution in [2.24, 2.45) is 5.73 Å². The van der Waals surface area contributed by atoms with Crippen molar-refractivity contribution in [2.75, 3.05) is 7.05 Å². The third-order valence-corrected chi connectivity index (χ3v) is 2.38. The van der Waals surface area contributed by atoms with Crippen molar-refractivity contribution in [3.8, 4) is 0 Å². The normalized spacial score (nSPS) is 19.1. The Kier molecular flexibility index (Phi) is 4.59. The molecular weight excluding hydrogens is 214 g/mol. The molecule has 1 aliphatic rings. The maximum absolute atomic E-state index is 10.8. The van der Waals surface area contributed by atoms with E-state index in [0.717, 1.165) is 12.0 Å². The van der Waals surface area contributed by atoms with Gasteiger partial charge in [-0.3, -0.25) is 4.79 Å². The van der Waals surface area contributed by atoms with Crippen LogP contribution in [0.15, 0.2) is 24.3 Å². The first-order valence-electron chi connectivity index (χ1n) is 4.78. The van der Waals surface area contributed by atoms with Gasteiger partial charge in [-0.1, -0.05) is 23.7 Å². The van der Waals surface area contributed by atoms with Crippen molar-refractivity contribution in [3.05, 3.63) is 34.9 Å². The van der Waals surface area contributed by atoms with E-state index in [1.165, 1.54) is 7.05 Å². The highest BCUT2D eigenvalue weighted by Crippen LogP contribution is 2.29. The van der Waals surface area contributed by atoms with Crippen LogP contribution in [0.25, 0.3) is 0 Å². The molecular formula is C11H14ClNO2. The zero-order valence-corrected chi connectivity index (χ0v) is 9.33. The SMILES string of the molecule is CN.O=C1CC[C@H](c2ccc(Cl)cc2)O1. The molecule has 0 amide bonds. The van der Waals surface area contributed by atoms with Crippen LogP contribution in [0.1, 0.15) is 24.5 Å². The molecule has 1 heterocycles. The second kappa shape index (κ2) is 5.73. The molecule has 0 aromatic heterocycles. The molecule has 1 atom stereocenters. The topological polar surface area (TPSA) is 52.3 Å². The van der Waals surface area contributed by atoms with Gasteiger partial charge in [-0.25, -0.2) is 0 Å². The quantitative estimate of drug-likeness (QED) is 0.749. The molecule has 82 valence electrons. The van der Waals surface area contributed by atoms with E-state index in [2.05, 4.69) is 5.73 Å². The number of carbonyl (C=O) groups is 1. The molecule has 1 fully saturated rings. The number of hydrogen-bond acceptors (Lipinski definition) is 3.